The average molecular weight is 652 g/mol. The molecule has 1 saturated heterocycles. The molecule has 212 valence electrons. The Kier molecular flexibility index (Phi) is 10.7. The molecule has 1 aromatic heterocycles. The van der Waals surface area contributed by atoms with E-state index >= 15 is 0 Å². The number of carbonyl (C=O) groups is 3. The molecule has 0 radical (unpaired) electrons. The van der Waals surface area contributed by atoms with Gasteiger partial charge in [-0.25, -0.2) is 4.79 Å². The summed E-state index contributed by atoms with van der Waals surface area (Å²) in [5.74, 6) is -0.0361. The van der Waals surface area contributed by atoms with Gasteiger partial charge in [-0.1, -0.05) is 48.5 Å². The quantitative estimate of drug-likeness (QED) is 0.175. The van der Waals surface area contributed by atoms with E-state index in [0.717, 1.165) is 51.9 Å². The van der Waals surface area contributed by atoms with E-state index in [9.17, 15) is 14.4 Å². The number of fused-ring (bicyclic) bond motifs is 2. The van der Waals surface area contributed by atoms with E-state index in [1.54, 1.807) is 6.07 Å². The monoisotopic (exact) mass is 650 g/mol. The minimum Gasteiger partial charge on any atom is -1.00 e. The maximum Gasteiger partial charge on any atom is 0.339 e. The van der Waals surface area contributed by atoms with E-state index in [4.69, 9.17) is 9.47 Å². The number of ether oxygens (including phenoxy) is 2. The largest absolute Gasteiger partial charge is 1.00 e. The summed E-state index contributed by atoms with van der Waals surface area (Å²) in [6.07, 6.45) is 6.05. The number of esters is 2. The van der Waals surface area contributed by atoms with Crippen LogP contribution >= 0.6 is 18.6 Å². The van der Waals surface area contributed by atoms with Crippen LogP contribution in [0.5, 0.6) is 0 Å². The molecule has 41 heavy (non-hydrogen) atoms. The van der Waals surface area contributed by atoms with Crippen molar-refractivity contribution in [2.75, 3.05) is 13.3 Å². The highest BCUT2D eigenvalue weighted by Gasteiger charge is 2.47. The van der Waals surface area contributed by atoms with Crippen LogP contribution in [0.15, 0.2) is 96.4 Å². The Morgan fingerprint density at radius 3 is 2.17 bits per heavy atom. The molecule has 2 fully saturated rings. The van der Waals surface area contributed by atoms with E-state index in [1.165, 1.54) is 24.9 Å². The van der Waals surface area contributed by atoms with Gasteiger partial charge in [-0.05, 0) is 73.5 Å². The Morgan fingerprint density at radius 1 is 0.951 bits per heavy atom. The standard InChI is InChI=1S/C26H22O3PS.C7H10O2.BrH/c1-29-26(28)23-16-19-31-25(23)22-14-8-9-15-24(22)30(18-17-27,20-10-4-2-5-11-20)21-12-6-3-7-13-21;8-7-5-2-1-3-6(4-5)9-7;/h2-17,19H,18H2,1H3;5-6H,1-4H2;1H/q+1;;/p-1. The molecule has 1 aliphatic carbocycles. The fourth-order valence-corrected chi connectivity index (χ4v) is 10.7. The molecule has 0 N–H and O–H groups in total. The SMILES string of the molecule is COC(=O)c1ccsc1-c1ccccc1[P+](CC=O)(c1ccccc1)c1ccccc1.O=C1OC2CCCC1C2.[Br-]. The van der Waals surface area contributed by atoms with Crippen LogP contribution < -0.4 is 32.9 Å². The molecule has 2 unspecified atom stereocenters. The second kappa shape index (κ2) is 14.2. The van der Waals surface area contributed by atoms with Gasteiger partial charge in [0, 0.05) is 5.56 Å². The third-order valence-electron chi connectivity index (χ3n) is 7.62. The lowest BCUT2D eigenvalue weighted by Gasteiger charge is -2.27. The molecule has 0 spiro atoms. The van der Waals surface area contributed by atoms with Gasteiger partial charge in [0.1, 0.15) is 35.4 Å². The minimum absolute atomic E-state index is 0. The van der Waals surface area contributed by atoms with Gasteiger partial charge in [0.15, 0.2) is 6.29 Å². The summed E-state index contributed by atoms with van der Waals surface area (Å²) in [6, 6.07) is 30.4. The second-order valence-corrected chi connectivity index (χ2v) is 14.3. The van der Waals surface area contributed by atoms with Gasteiger partial charge >= 0.3 is 11.9 Å². The molecule has 2 atom stereocenters. The summed E-state index contributed by atoms with van der Waals surface area (Å²) in [5.41, 5.74) is 1.52. The summed E-state index contributed by atoms with van der Waals surface area (Å²) < 4.78 is 10.1. The lowest BCUT2D eigenvalue weighted by atomic mass is 9.90. The van der Waals surface area contributed by atoms with Crippen LogP contribution in [0, 0.1) is 5.92 Å². The maximum atomic E-state index is 12.4. The molecule has 1 aliphatic heterocycles. The topological polar surface area (TPSA) is 69.7 Å². The Hall–Kier alpha value is -3.12. The van der Waals surface area contributed by atoms with Gasteiger partial charge < -0.3 is 26.5 Å². The number of carbonyl (C=O) groups excluding carboxylic acids is 3. The first-order valence-corrected chi connectivity index (χ1v) is 16.3. The first-order chi connectivity index (χ1) is 19.6. The van der Waals surface area contributed by atoms with E-state index in [2.05, 4.69) is 30.3 Å². The second-order valence-electron chi connectivity index (χ2n) is 9.92. The van der Waals surface area contributed by atoms with Crippen molar-refractivity contribution in [3.05, 3.63) is 102 Å². The predicted molar refractivity (Wildman–Crippen MR) is 163 cm³/mol. The first-order valence-electron chi connectivity index (χ1n) is 13.5. The van der Waals surface area contributed by atoms with E-state index in [0.29, 0.717) is 11.7 Å². The molecule has 4 aromatic rings. The third-order valence-corrected chi connectivity index (χ3v) is 12.8. The average Bonchev–Trinajstić information content (AvgIpc) is 3.60. The Balaban J connectivity index is 0.000000327. The molecule has 3 aromatic carbocycles. The minimum atomic E-state index is -2.30. The lowest BCUT2D eigenvalue weighted by Crippen LogP contribution is -3.00. The van der Waals surface area contributed by atoms with Gasteiger partial charge in [-0.2, -0.15) is 0 Å². The molecule has 2 bridgehead atoms. The number of aldehydes is 1. The summed E-state index contributed by atoms with van der Waals surface area (Å²) in [6.45, 7) is 0. The molecule has 0 amide bonds. The maximum absolute atomic E-state index is 12.4. The van der Waals surface area contributed by atoms with Gasteiger partial charge in [-0.3, -0.25) is 9.59 Å². The van der Waals surface area contributed by atoms with E-state index in [-0.39, 0.29) is 40.9 Å². The smallest absolute Gasteiger partial charge is 0.339 e. The highest BCUT2D eigenvalue weighted by atomic mass is 79.9. The Morgan fingerprint density at radius 2 is 1.59 bits per heavy atom. The fraction of sp³-hybridized carbons (Fsp3) is 0.242. The van der Waals surface area contributed by atoms with Crippen LogP contribution in [-0.2, 0) is 19.1 Å². The number of benzene rings is 3. The van der Waals surface area contributed by atoms with Gasteiger partial charge in [0.05, 0.1) is 23.5 Å². The van der Waals surface area contributed by atoms with Crippen LogP contribution in [0.25, 0.3) is 10.4 Å². The predicted octanol–water partition coefficient (Wildman–Crippen LogP) is 2.80. The van der Waals surface area contributed by atoms with Crippen molar-refractivity contribution in [3.8, 4) is 10.4 Å². The van der Waals surface area contributed by atoms with Crippen LogP contribution in [0.1, 0.15) is 36.0 Å². The molecule has 6 rings (SSSR count). The fourth-order valence-electron chi connectivity index (χ4n) is 5.73. The van der Waals surface area contributed by atoms with Crippen LogP contribution in [0.3, 0.4) is 0 Å². The van der Waals surface area contributed by atoms with Crippen molar-refractivity contribution in [1.29, 1.82) is 0 Å². The van der Waals surface area contributed by atoms with Crippen molar-refractivity contribution < 1.29 is 40.8 Å². The van der Waals surface area contributed by atoms with Crippen molar-refractivity contribution in [3.63, 3.8) is 0 Å². The molecule has 2 aliphatic rings. The normalized spacial score (nSPS) is 17.3. The first kappa shape index (κ1) is 30.8. The number of hydrogen-bond donors (Lipinski definition) is 0. The van der Waals surface area contributed by atoms with Crippen molar-refractivity contribution in [1.82, 2.24) is 0 Å². The lowest BCUT2D eigenvalue weighted by molar-refractivity contribution is -0.143. The zero-order valence-electron chi connectivity index (χ0n) is 22.8. The number of halogens is 1. The third kappa shape index (κ3) is 6.38. The highest BCUT2D eigenvalue weighted by Crippen LogP contribution is 2.56. The summed E-state index contributed by atoms with van der Waals surface area (Å²) in [4.78, 5) is 36.2. The summed E-state index contributed by atoms with van der Waals surface area (Å²) in [5, 5.41) is 5.27. The van der Waals surface area contributed by atoms with Crippen LogP contribution in [0.2, 0.25) is 0 Å². The number of hydrogen-bond acceptors (Lipinski definition) is 6. The molecule has 2 heterocycles. The van der Waals surface area contributed by atoms with Gasteiger partial charge in [0.2, 0.25) is 0 Å². The number of methoxy groups -OCH3 is 1. The zero-order chi connectivity index (χ0) is 28.0. The number of rotatable bonds is 7. The van der Waals surface area contributed by atoms with Crippen molar-refractivity contribution in [2.24, 2.45) is 5.92 Å². The molecular weight excluding hydrogens is 619 g/mol. The Bertz CT molecular complexity index is 1430. The van der Waals surface area contributed by atoms with Crippen LogP contribution in [0.4, 0.5) is 0 Å². The highest BCUT2D eigenvalue weighted by molar-refractivity contribution is 7.96. The van der Waals surface area contributed by atoms with E-state index < -0.39 is 7.26 Å². The summed E-state index contributed by atoms with van der Waals surface area (Å²) >= 11 is 1.51. The van der Waals surface area contributed by atoms with E-state index in [1.807, 2.05) is 60.0 Å². The molecule has 8 heteroatoms. The van der Waals surface area contributed by atoms with Crippen LogP contribution in [-0.4, -0.2) is 37.6 Å². The summed E-state index contributed by atoms with van der Waals surface area (Å²) in [7, 11) is -0.908. The molecule has 5 nitrogen and oxygen atoms in total. The van der Waals surface area contributed by atoms with Gasteiger partial charge in [0.25, 0.3) is 0 Å². The molecular formula is C33H32BrO5PS. The Labute approximate surface area is 256 Å². The molecule has 1 saturated carbocycles. The zero-order valence-corrected chi connectivity index (χ0v) is 26.1. The van der Waals surface area contributed by atoms with Crippen molar-refractivity contribution in [2.45, 2.75) is 31.8 Å². The van der Waals surface area contributed by atoms with Gasteiger partial charge in [-0.15, -0.1) is 11.3 Å². The number of thiophene rings is 1. The van der Waals surface area contributed by atoms with Crippen molar-refractivity contribution >= 4 is 52.7 Å².